The molecule has 166 valence electrons. The number of ether oxygens (including phenoxy) is 1. The number of nitrogens with one attached hydrogen (secondary N) is 2. The predicted molar refractivity (Wildman–Crippen MR) is 112 cm³/mol. The van der Waals surface area contributed by atoms with E-state index in [1.165, 1.54) is 17.7 Å². The van der Waals surface area contributed by atoms with Gasteiger partial charge in [-0.1, -0.05) is 0 Å². The van der Waals surface area contributed by atoms with E-state index >= 15 is 0 Å². The Morgan fingerprint density at radius 1 is 1.23 bits per heavy atom. The summed E-state index contributed by atoms with van der Waals surface area (Å²) in [5.74, 6) is 1.05. The van der Waals surface area contributed by atoms with Crippen LogP contribution in [-0.4, -0.2) is 41.5 Å². The summed E-state index contributed by atoms with van der Waals surface area (Å²) in [6, 6.07) is 4.79. The van der Waals surface area contributed by atoms with Crippen molar-refractivity contribution in [2.45, 2.75) is 46.3 Å². The number of hydrogen-bond acceptors (Lipinski definition) is 3. The predicted octanol–water partition coefficient (Wildman–Crippen LogP) is 3.62. The molecule has 0 bridgehead atoms. The van der Waals surface area contributed by atoms with Crippen molar-refractivity contribution in [3.8, 4) is 5.75 Å². The Hall–Kier alpha value is -2.71. The van der Waals surface area contributed by atoms with Crippen LogP contribution in [0.4, 0.5) is 13.2 Å². The van der Waals surface area contributed by atoms with E-state index in [1.54, 1.807) is 0 Å². The largest absolute Gasteiger partial charge is 0.492 e. The van der Waals surface area contributed by atoms with Gasteiger partial charge in [0.05, 0.1) is 17.8 Å². The molecule has 1 heterocycles. The molecule has 0 spiro atoms. The summed E-state index contributed by atoms with van der Waals surface area (Å²) in [5, 5.41) is 11.0. The highest BCUT2D eigenvalue weighted by Crippen LogP contribution is 2.30. The minimum absolute atomic E-state index is 0.139. The third-order valence-electron chi connectivity index (χ3n) is 4.71. The van der Waals surface area contributed by atoms with E-state index in [4.69, 9.17) is 4.74 Å². The first kappa shape index (κ1) is 23.6. The summed E-state index contributed by atoms with van der Waals surface area (Å²) in [4.78, 5) is 4.49. The maximum absolute atomic E-state index is 12.6. The molecule has 0 aliphatic rings. The highest BCUT2D eigenvalue weighted by Gasteiger charge is 2.30. The van der Waals surface area contributed by atoms with Crippen LogP contribution in [0.3, 0.4) is 0 Å². The maximum atomic E-state index is 12.6. The molecule has 2 N–H and O–H groups in total. The maximum Gasteiger partial charge on any atom is 0.416 e. The summed E-state index contributed by atoms with van der Waals surface area (Å²) in [6.45, 7) is 9.47. The van der Waals surface area contributed by atoms with Gasteiger partial charge in [-0.3, -0.25) is 4.68 Å². The van der Waals surface area contributed by atoms with E-state index in [0.717, 1.165) is 29.9 Å². The van der Waals surface area contributed by atoms with Gasteiger partial charge in [0.1, 0.15) is 12.4 Å². The fourth-order valence-electron chi connectivity index (χ4n) is 3.08. The molecule has 9 heteroatoms. The van der Waals surface area contributed by atoms with E-state index < -0.39 is 11.7 Å². The van der Waals surface area contributed by atoms with Crippen LogP contribution in [0.1, 0.15) is 36.4 Å². The van der Waals surface area contributed by atoms with Crippen molar-refractivity contribution in [2.75, 3.05) is 19.7 Å². The Bertz CT molecular complexity index is 844. The van der Waals surface area contributed by atoms with Gasteiger partial charge >= 0.3 is 6.18 Å². The molecule has 1 atom stereocenters. The third kappa shape index (κ3) is 6.67. The molecule has 0 aliphatic carbocycles. The van der Waals surface area contributed by atoms with Crippen molar-refractivity contribution in [3.63, 3.8) is 0 Å². The van der Waals surface area contributed by atoms with E-state index in [-0.39, 0.29) is 12.6 Å². The van der Waals surface area contributed by atoms with Crippen molar-refractivity contribution < 1.29 is 17.9 Å². The zero-order valence-electron chi connectivity index (χ0n) is 18.1. The van der Waals surface area contributed by atoms with Crippen molar-refractivity contribution in [3.05, 3.63) is 46.8 Å². The number of nitrogens with zero attached hydrogens (tertiary/aromatic N) is 3. The molecule has 1 aromatic carbocycles. The van der Waals surface area contributed by atoms with Crippen molar-refractivity contribution in [1.82, 2.24) is 20.4 Å². The van der Waals surface area contributed by atoms with Gasteiger partial charge in [-0.05, 0) is 63.9 Å². The number of hydrogen-bond donors (Lipinski definition) is 2. The molecular formula is C21H30F3N5O. The van der Waals surface area contributed by atoms with E-state index in [2.05, 4.69) is 34.6 Å². The normalized spacial score (nSPS) is 13.3. The number of aryl methyl sites for hydroxylation is 2. The summed E-state index contributed by atoms with van der Waals surface area (Å²) in [5.41, 5.74) is 2.70. The van der Waals surface area contributed by atoms with Gasteiger partial charge in [-0.15, -0.1) is 0 Å². The first-order valence-corrected chi connectivity index (χ1v) is 9.95. The molecule has 0 radical (unpaired) electrons. The topological polar surface area (TPSA) is 63.5 Å². The Labute approximate surface area is 175 Å². The SMILES string of the molecule is CCNC(=NCCOc1ccc(C(F)(F)F)cc1)NC(C)Cc1c(C)nn(C)c1C. The highest BCUT2D eigenvalue weighted by molar-refractivity contribution is 5.80. The monoisotopic (exact) mass is 425 g/mol. The zero-order chi connectivity index (χ0) is 22.3. The molecular weight excluding hydrogens is 395 g/mol. The number of aliphatic imine (C=N–C) groups is 1. The minimum atomic E-state index is -4.35. The van der Waals surface area contributed by atoms with Gasteiger partial charge in [0.2, 0.25) is 0 Å². The summed E-state index contributed by atoms with van der Waals surface area (Å²) in [6.07, 6.45) is -3.53. The van der Waals surface area contributed by atoms with Crippen LogP contribution in [0.25, 0.3) is 0 Å². The molecule has 1 unspecified atom stereocenters. The van der Waals surface area contributed by atoms with Crippen LogP contribution in [0.15, 0.2) is 29.3 Å². The van der Waals surface area contributed by atoms with E-state index in [0.29, 0.717) is 24.8 Å². The van der Waals surface area contributed by atoms with Crippen molar-refractivity contribution in [2.24, 2.45) is 12.0 Å². The lowest BCUT2D eigenvalue weighted by Gasteiger charge is -2.18. The van der Waals surface area contributed by atoms with Gasteiger partial charge < -0.3 is 15.4 Å². The average Bonchev–Trinajstić information content (AvgIpc) is 2.91. The smallest absolute Gasteiger partial charge is 0.416 e. The highest BCUT2D eigenvalue weighted by atomic mass is 19.4. The van der Waals surface area contributed by atoms with Crippen LogP contribution in [0.5, 0.6) is 5.75 Å². The molecule has 0 saturated carbocycles. The van der Waals surface area contributed by atoms with Gasteiger partial charge in [0, 0.05) is 25.3 Å². The molecule has 2 aromatic rings. The minimum Gasteiger partial charge on any atom is -0.492 e. The molecule has 2 rings (SSSR count). The Balaban J connectivity index is 1.87. The fourth-order valence-corrected chi connectivity index (χ4v) is 3.08. The van der Waals surface area contributed by atoms with E-state index in [1.807, 2.05) is 25.6 Å². The summed E-state index contributed by atoms with van der Waals surface area (Å²) < 4.78 is 45.2. The molecule has 0 saturated heterocycles. The Morgan fingerprint density at radius 3 is 2.43 bits per heavy atom. The molecule has 1 aromatic heterocycles. The Kier molecular flexibility index (Phi) is 8.14. The van der Waals surface area contributed by atoms with Crippen LogP contribution < -0.4 is 15.4 Å². The molecule has 0 fully saturated rings. The number of guanidine groups is 1. The second-order valence-corrected chi connectivity index (χ2v) is 7.15. The Morgan fingerprint density at radius 2 is 1.90 bits per heavy atom. The average molecular weight is 425 g/mol. The van der Waals surface area contributed by atoms with Gasteiger partial charge in [0.25, 0.3) is 0 Å². The second kappa shape index (κ2) is 10.4. The number of rotatable bonds is 8. The van der Waals surface area contributed by atoms with Crippen LogP contribution in [0, 0.1) is 13.8 Å². The number of benzene rings is 1. The number of halogens is 3. The quantitative estimate of drug-likeness (QED) is 0.385. The number of alkyl halides is 3. The lowest BCUT2D eigenvalue weighted by atomic mass is 10.1. The number of aromatic nitrogens is 2. The zero-order valence-corrected chi connectivity index (χ0v) is 18.1. The second-order valence-electron chi connectivity index (χ2n) is 7.15. The molecule has 0 aliphatic heterocycles. The standard InChI is InChI=1S/C21H30F3N5O/c1-6-25-20(27-14(2)13-19-15(3)28-29(5)16(19)4)26-11-12-30-18-9-7-17(8-10-18)21(22,23)24/h7-10,14H,6,11-13H2,1-5H3,(H2,25,26,27). The third-order valence-corrected chi connectivity index (χ3v) is 4.71. The molecule has 30 heavy (non-hydrogen) atoms. The summed E-state index contributed by atoms with van der Waals surface area (Å²) >= 11 is 0. The lowest BCUT2D eigenvalue weighted by Crippen LogP contribution is -2.43. The van der Waals surface area contributed by atoms with Crippen molar-refractivity contribution in [1.29, 1.82) is 0 Å². The molecule has 0 amide bonds. The lowest BCUT2D eigenvalue weighted by molar-refractivity contribution is -0.137. The molecule has 6 nitrogen and oxygen atoms in total. The summed E-state index contributed by atoms with van der Waals surface area (Å²) in [7, 11) is 1.94. The fraction of sp³-hybridized carbons (Fsp3) is 0.524. The first-order valence-electron chi connectivity index (χ1n) is 9.95. The van der Waals surface area contributed by atoms with Crippen LogP contribution >= 0.6 is 0 Å². The van der Waals surface area contributed by atoms with Gasteiger partial charge in [-0.25, -0.2) is 4.99 Å². The van der Waals surface area contributed by atoms with Crippen LogP contribution in [-0.2, 0) is 19.6 Å². The first-order chi connectivity index (χ1) is 14.1. The van der Waals surface area contributed by atoms with Gasteiger partial charge in [0.15, 0.2) is 5.96 Å². The van der Waals surface area contributed by atoms with Crippen molar-refractivity contribution >= 4 is 5.96 Å². The van der Waals surface area contributed by atoms with Gasteiger partial charge in [-0.2, -0.15) is 18.3 Å². The van der Waals surface area contributed by atoms with E-state index in [9.17, 15) is 13.2 Å². The van der Waals surface area contributed by atoms with Crippen LogP contribution in [0.2, 0.25) is 0 Å².